The van der Waals surface area contributed by atoms with Crippen molar-refractivity contribution in [3.8, 4) is 0 Å². The maximum atomic E-state index is 11.5. The molecule has 2 N–H and O–H groups in total. The molecule has 0 radical (unpaired) electrons. The monoisotopic (exact) mass is 377 g/mol. The molecule has 128 valence electrons. The van der Waals surface area contributed by atoms with Gasteiger partial charge in [-0.05, 0) is 37.0 Å². The molecule has 0 aromatic heterocycles. The predicted molar refractivity (Wildman–Crippen MR) is 96.3 cm³/mol. The fraction of sp³-hybridized carbons (Fsp3) is 0.533. The third-order valence-corrected chi connectivity index (χ3v) is 6.08. The number of sulfone groups is 1. The van der Waals surface area contributed by atoms with Crippen molar-refractivity contribution in [2.45, 2.75) is 25.3 Å². The van der Waals surface area contributed by atoms with Gasteiger partial charge in [-0.3, -0.25) is 4.99 Å². The number of nitrogens with zero attached hydrogens (tertiary/aromatic N) is 1. The van der Waals surface area contributed by atoms with Crippen LogP contribution in [0.2, 0.25) is 10.0 Å². The number of hydrogen-bond donors (Lipinski definition) is 2. The minimum Gasteiger partial charge on any atom is -0.356 e. The fourth-order valence-corrected chi connectivity index (χ4v) is 4.68. The van der Waals surface area contributed by atoms with Crippen LogP contribution in [-0.4, -0.2) is 45.5 Å². The van der Waals surface area contributed by atoms with Crippen molar-refractivity contribution in [2.24, 2.45) is 4.99 Å². The minimum absolute atomic E-state index is 0.0584. The molecule has 0 amide bonds. The lowest BCUT2D eigenvalue weighted by Crippen LogP contribution is -2.44. The summed E-state index contributed by atoms with van der Waals surface area (Å²) < 4.78 is 22.9. The molecule has 5 nitrogen and oxygen atoms in total. The van der Waals surface area contributed by atoms with Gasteiger partial charge in [0, 0.05) is 29.7 Å². The molecule has 1 aromatic rings. The first kappa shape index (κ1) is 18.4. The third-order valence-electron chi connectivity index (χ3n) is 3.73. The van der Waals surface area contributed by atoms with Gasteiger partial charge in [-0.25, -0.2) is 8.42 Å². The molecule has 2 rings (SSSR count). The molecule has 0 bridgehead atoms. The Kier molecular flexibility index (Phi) is 6.56. The van der Waals surface area contributed by atoms with E-state index in [1.165, 1.54) is 0 Å². The highest BCUT2D eigenvalue weighted by atomic mass is 35.5. The van der Waals surface area contributed by atoms with Gasteiger partial charge in [0.2, 0.25) is 0 Å². The van der Waals surface area contributed by atoms with Crippen molar-refractivity contribution in [2.75, 3.05) is 25.1 Å². The fourth-order valence-electron chi connectivity index (χ4n) is 2.51. The Balaban J connectivity index is 1.74. The highest BCUT2D eigenvalue weighted by Crippen LogP contribution is 2.21. The third kappa shape index (κ3) is 5.86. The summed E-state index contributed by atoms with van der Waals surface area (Å²) in [4.78, 5) is 4.13. The van der Waals surface area contributed by atoms with E-state index < -0.39 is 9.84 Å². The van der Waals surface area contributed by atoms with Gasteiger partial charge >= 0.3 is 0 Å². The maximum Gasteiger partial charge on any atom is 0.191 e. The quantitative estimate of drug-likeness (QED) is 0.469. The summed E-state index contributed by atoms with van der Waals surface area (Å²) in [6.07, 6.45) is 2.34. The number of hydrogen-bond acceptors (Lipinski definition) is 3. The number of rotatable bonds is 5. The van der Waals surface area contributed by atoms with Crippen LogP contribution in [0.15, 0.2) is 23.2 Å². The smallest absolute Gasteiger partial charge is 0.191 e. The van der Waals surface area contributed by atoms with Gasteiger partial charge in [0.25, 0.3) is 0 Å². The Bertz CT molecular complexity index is 677. The van der Waals surface area contributed by atoms with E-state index in [0.717, 1.165) is 24.9 Å². The van der Waals surface area contributed by atoms with Crippen molar-refractivity contribution < 1.29 is 8.42 Å². The van der Waals surface area contributed by atoms with Crippen LogP contribution < -0.4 is 10.6 Å². The SMILES string of the molecule is CN=C(NCCCc1ccc(Cl)cc1Cl)NC1CCS(=O)(=O)C1. The summed E-state index contributed by atoms with van der Waals surface area (Å²) in [5.74, 6) is 1.06. The average molecular weight is 378 g/mol. The van der Waals surface area contributed by atoms with E-state index in [1.807, 2.05) is 12.1 Å². The molecule has 23 heavy (non-hydrogen) atoms. The van der Waals surface area contributed by atoms with Gasteiger partial charge in [0.05, 0.1) is 11.5 Å². The van der Waals surface area contributed by atoms with Crippen LogP contribution in [0.25, 0.3) is 0 Å². The van der Waals surface area contributed by atoms with E-state index in [9.17, 15) is 8.42 Å². The molecule has 0 saturated carbocycles. The lowest BCUT2D eigenvalue weighted by atomic mass is 10.1. The summed E-state index contributed by atoms with van der Waals surface area (Å²) in [6.45, 7) is 0.720. The Labute approximate surface area is 147 Å². The zero-order valence-electron chi connectivity index (χ0n) is 13.0. The first-order valence-corrected chi connectivity index (χ1v) is 10.1. The molecule has 1 saturated heterocycles. The van der Waals surface area contributed by atoms with Gasteiger partial charge in [0.15, 0.2) is 15.8 Å². The molecular formula is C15H21Cl2N3O2S. The van der Waals surface area contributed by atoms with Gasteiger partial charge in [-0.2, -0.15) is 0 Å². The standard InChI is InChI=1S/C15H21Cl2N3O2S/c1-18-15(20-13-6-8-23(21,22)10-13)19-7-2-3-11-4-5-12(16)9-14(11)17/h4-5,9,13H,2-3,6-8,10H2,1H3,(H2,18,19,20). The summed E-state index contributed by atoms with van der Waals surface area (Å²) in [5, 5.41) is 7.66. The van der Waals surface area contributed by atoms with E-state index in [2.05, 4.69) is 15.6 Å². The Hall–Kier alpha value is -0.980. The van der Waals surface area contributed by atoms with E-state index in [-0.39, 0.29) is 17.5 Å². The lowest BCUT2D eigenvalue weighted by Gasteiger charge is -2.16. The van der Waals surface area contributed by atoms with E-state index in [0.29, 0.717) is 22.4 Å². The van der Waals surface area contributed by atoms with Crippen molar-refractivity contribution >= 4 is 39.0 Å². The topological polar surface area (TPSA) is 70.6 Å². The van der Waals surface area contributed by atoms with E-state index in [1.54, 1.807) is 13.1 Å². The van der Waals surface area contributed by atoms with Crippen molar-refractivity contribution in [3.63, 3.8) is 0 Å². The average Bonchev–Trinajstić information content (AvgIpc) is 2.83. The highest BCUT2D eigenvalue weighted by molar-refractivity contribution is 7.91. The van der Waals surface area contributed by atoms with Crippen LogP contribution in [-0.2, 0) is 16.3 Å². The first-order valence-electron chi connectivity index (χ1n) is 7.51. The maximum absolute atomic E-state index is 11.5. The van der Waals surface area contributed by atoms with Crippen molar-refractivity contribution in [3.05, 3.63) is 33.8 Å². The lowest BCUT2D eigenvalue weighted by molar-refractivity contribution is 0.599. The zero-order valence-corrected chi connectivity index (χ0v) is 15.3. The molecule has 1 atom stereocenters. The molecule has 8 heteroatoms. The zero-order chi connectivity index (χ0) is 16.9. The van der Waals surface area contributed by atoms with Gasteiger partial charge in [-0.1, -0.05) is 29.3 Å². The number of nitrogens with one attached hydrogen (secondary N) is 2. The number of halogens is 2. The van der Waals surface area contributed by atoms with E-state index >= 15 is 0 Å². The second-order valence-electron chi connectivity index (χ2n) is 5.58. The van der Waals surface area contributed by atoms with Crippen molar-refractivity contribution in [1.82, 2.24) is 10.6 Å². The molecule has 1 unspecified atom stereocenters. The number of guanidine groups is 1. The molecule has 1 aliphatic heterocycles. The van der Waals surface area contributed by atoms with Crippen molar-refractivity contribution in [1.29, 1.82) is 0 Å². The normalized spacial score (nSPS) is 20.5. The van der Waals surface area contributed by atoms with Crippen LogP contribution in [0.4, 0.5) is 0 Å². The van der Waals surface area contributed by atoms with Crippen LogP contribution in [0.1, 0.15) is 18.4 Å². The van der Waals surface area contributed by atoms with Crippen LogP contribution >= 0.6 is 23.2 Å². The van der Waals surface area contributed by atoms with E-state index in [4.69, 9.17) is 23.2 Å². The van der Waals surface area contributed by atoms with Crippen LogP contribution in [0.5, 0.6) is 0 Å². The summed E-state index contributed by atoms with van der Waals surface area (Å²) in [5.41, 5.74) is 1.06. The second-order valence-corrected chi connectivity index (χ2v) is 8.65. The number of aliphatic imine (C=N–C) groups is 1. The molecule has 1 heterocycles. The minimum atomic E-state index is -2.89. The van der Waals surface area contributed by atoms with Crippen LogP contribution in [0.3, 0.4) is 0 Å². The van der Waals surface area contributed by atoms with Gasteiger partial charge < -0.3 is 10.6 Å². The Morgan fingerprint density at radius 2 is 2.17 bits per heavy atom. The first-order chi connectivity index (χ1) is 10.9. The second kappa shape index (κ2) is 8.22. The van der Waals surface area contributed by atoms with Gasteiger partial charge in [-0.15, -0.1) is 0 Å². The number of benzene rings is 1. The summed E-state index contributed by atoms with van der Waals surface area (Å²) in [6, 6.07) is 5.45. The number of aryl methyl sites for hydroxylation is 1. The predicted octanol–water partition coefficient (Wildman–Crippen LogP) is 2.28. The Morgan fingerprint density at radius 3 is 2.78 bits per heavy atom. The van der Waals surface area contributed by atoms with Gasteiger partial charge in [0.1, 0.15) is 0 Å². The molecule has 1 aromatic carbocycles. The molecule has 0 spiro atoms. The largest absolute Gasteiger partial charge is 0.356 e. The summed E-state index contributed by atoms with van der Waals surface area (Å²) >= 11 is 12.0. The van der Waals surface area contributed by atoms with Crippen LogP contribution in [0, 0.1) is 0 Å². The molecular weight excluding hydrogens is 357 g/mol. The molecule has 1 aliphatic rings. The molecule has 1 fully saturated rings. The molecule has 0 aliphatic carbocycles. The highest BCUT2D eigenvalue weighted by Gasteiger charge is 2.28. The Morgan fingerprint density at radius 1 is 1.39 bits per heavy atom. The summed E-state index contributed by atoms with van der Waals surface area (Å²) in [7, 11) is -1.21.